The van der Waals surface area contributed by atoms with Crippen LogP contribution in [0.3, 0.4) is 0 Å². The molecule has 0 aromatic heterocycles. The Morgan fingerprint density at radius 2 is 1.93 bits per heavy atom. The van der Waals surface area contributed by atoms with Gasteiger partial charge in [0.05, 0.1) is 5.60 Å². The number of hydrogen-bond acceptors (Lipinski definition) is 2. The molecule has 0 aromatic rings. The van der Waals surface area contributed by atoms with Gasteiger partial charge in [0, 0.05) is 18.4 Å². The summed E-state index contributed by atoms with van der Waals surface area (Å²) in [6.07, 6.45) is 0.892. The molecule has 2 unspecified atom stereocenters. The van der Waals surface area contributed by atoms with Crippen LogP contribution < -0.4 is 0 Å². The second kappa shape index (κ2) is 4.01. The van der Waals surface area contributed by atoms with E-state index in [0.717, 1.165) is 13.0 Å². The van der Waals surface area contributed by atoms with Gasteiger partial charge < -0.3 is 4.74 Å². The maximum Gasteiger partial charge on any atom is 0.141 e. The van der Waals surface area contributed by atoms with Crippen LogP contribution in [0.2, 0.25) is 0 Å². The van der Waals surface area contributed by atoms with Crippen molar-refractivity contribution < 1.29 is 9.53 Å². The molecule has 0 radical (unpaired) electrons. The molecule has 14 heavy (non-hydrogen) atoms. The van der Waals surface area contributed by atoms with E-state index in [0.29, 0.717) is 11.7 Å². The minimum atomic E-state index is -0.250. The van der Waals surface area contributed by atoms with Gasteiger partial charge in [-0.1, -0.05) is 20.8 Å². The van der Waals surface area contributed by atoms with Crippen molar-refractivity contribution in [1.82, 2.24) is 0 Å². The molecule has 0 spiro atoms. The molecule has 0 bridgehead atoms. The fourth-order valence-electron chi connectivity index (χ4n) is 2.02. The van der Waals surface area contributed by atoms with Crippen LogP contribution in [0, 0.1) is 17.8 Å². The van der Waals surface area contributed by atoms with Crippen molar-refractivity contribution in [2.45, 2.75) is 46.6 Å². The van der Waals surface area contributed by atoms with Gasteiger partial charge in [0.15, 0.2) is 0 Å². The third-order valence-electron chi connectivity index (χ3n) is 3.51. The molecule has 2 atom stereocenters. The molecule has 0 saturated carbocycles. The molecule has 1 rings (SSSR count). The van der Waals surface area contributed by atoms with Crippen molar-refractivity contribution in [2.24, 2.45) is 17.8 Å². The van der Waals surface area contributed by atoms with Crippen LogP contribution in [0.5, 0.6) is 0 Å². The van der Waals surface area contributed by atoms with E-state index in [1.54, 1.807) is 0 Å². The van der Waals surface area contributed by atoms with Gasteiger partial charge in [-0.2, -0.15) is 0 Å². The quantitative estimate of drug-likeness (QED) is 0.697. The Morgan fingerprint density at radius 3 is 2.29 bits per heavy atom. The lowest BCUT2D eigenvalue weighted by atomic mass is 9.79. The zero-order valence-electron chi connectivity index (χ0n) is 9.96. The molecule has 2 nitrogen and oxygen atoms in total. The normalized spacial score (nSPS) is 28.0. The molecule has 1 heterocycles. The van der Waals surface area contributed by atoms with Crippen LogP contribution in [-0.2, 0) is 9.53 Å². The monoisotopic (exact) mass is 198 g/mol. The summed E-state index contributed by atoms with van der Waals surface area (Å²) in [6.45, 7) is 11.0. The van der Waals surface area contributed by atoms with Crippen molar-refractivity contribution in [3.05, 3.63) is 0 Å². The molecule has 1 aliphatic heterocycles. The standard InChI is InChI=1S/C12H22O2/c1-8(2)9(3)11(13)10-6-7-14-12(10,4)5/h8-10H,6-7H2,1-5H3. The third-order valence-corrected chi connectivity index (χ3v) is 3.51. The Bertz CT molecular complexity index is 218. The first kappa shape index (κ1) is 11.7. The number of carbonyl (C=O) groups is 1. The average Bonchev–Trinajstić information content (AvgIpc) is 2.42. The Hall–Kier alpha value is -0.370. The Balaban J connectivity index is 2.70. The van der Waals surface area contributed by atoms with E-state index in [1.165, 1.54) is 0 Å². The zero-order valence-corrected chi connectivity index (χ0v) is 9.96. The number of ketones is 1. The molecule has 0 aromatic carbocycles. The van der Waals surface area contributed by atoms with E-state index in [1.807, 2.05) is 20.8 Å². The summed E-state index contributed by atoms with van der Waals surface area (Å²) in [5.74, 6) is 1.06. The number of hydrogen-bond donors (Lipinski definition) is 0. The third kappa shape index (κ3) is 2.17. The van der Waals surface area contributed by atoms with Gasteiger partial charge in [0.25, 0.3) is 0 Å². The first-order valence-corrected chi connectivity index (χ1v) is 5.54. The van der Waals surface area contributed by atoms with E-state index >= 15 is 0 Å². The molecule has 1 aliphatic rings. The second-order valence-corrected chi connectivity index (χ2v) is 5.23. The summed E-state index contributed by atoms with van der Waals surface area (Å²) in [4.78, 5) is 12.1. The largest absolute Gasteiger partial charge is 0.375 e. The number of rotatable bonds is 3. The van der Waals surface area contributed by atoms with Gasteiger partial charge >= 0.3 is 0 Å². The van der Waals surface area contributed by atoms with Gasteiger partial charge in [-0.3, -0.25) is 4.79 Å². The van der Waals surface area contributed by atoms with Crippen LogP contribution in [0.4, 0.5) is 0 Å². The van der Waals surface area contributed by atoms with Crippen molar-refractivity contribution in [3.8, 4) is 0 Å². The van der Waals surface area contributed by atoms with Crippen LogP contribution in [0.25, 0.3) is 0 Å². The highest BCUT2D eigenvalue weighted by atomic mass is 16.5. The number of ether oxygens (including phenoxy) is 1. The maximum atomic E-state index is 12.1. The summed E-state index contributed by atoms with van der Waals surface area (Å²) in [5.41, 5.74) is -0.250. The Kier molecular flexibility index (Phi) is 3.36. The van der Waals surface area contributed by atoms with Crippen LogP contribution in [0.1, 0.15) is 41.0 Å². The minimum Gasteiger partial charge on any atom is -0.375 e. The first-order chi connectivity index (χ1) is 6.36. The molecule has 0 amide bonds. The lowest BCUT2D eigenvalue weighted by molar-refractivity contribution is -0.132. The highest BCUT2D eigenvalue weighted by Gasteiger charge is 2.42. The summed E-state index contributed by atoms with van der Waals surface area (Å²) in [7, 11) is 0. The molecule has 1 fully saturated rings. The molecule has 82 valence electrons. The number of Topliss-reactive ketones (excluding diaryl/α,β-unsaturated/α-hetero) is 1. The lowest BCUT2D eigenvalue weighted by Crippen LogP contribution is -2.37. The van der Waals surface area contributed by atoms with Crippen LogP contribution in [-0.4, -0.2) is 18.0 Å². The van der Waals surface area contributed by atoms with Gasteiger partial charge in [-0.25, -0.2) is 0 Å². The van der Waals surface area contributed by atoms with Crippen molar-refractivity contribution >= 4 is 5.78 Å². The van der Waals surface area contributed by atoms with E-state index in [2.05, 4.69) is 13.8 Å². The van der Waals surface area contributed by atoms with E-state index in [-0.39, 0.29) is 17.4 Å². The minimum absolute atomic E-state index is 0.0971. The first-order valence-electron chi connectivity index (χ1n) is 5.54. The van der Waals surface area contributed by atoms with Crippen molar-refractivity contribution in [3.63, 3.8) is 0 Å². The SMILES string of the molecule is CC(C)C(C)C(=O)C1CCOC1(C)C. The summed E-state index contributed by atoms with van der Waals surface area (Å²) in [5, 5.41) is 0. The van der Waals surface area contributed by atoms with Gasteiger partial charge in [0.2, 0.25) is 0 Å². The molecule has 0 aliphatic carbocycles. The summed E-state index contributed by atoms with van der Waals surface area (Å²) in [6, 6.07) is 0. The predicted octanol–water partition coefficient (Wildman–Crippen LogP) is 2.66. The van der Waals surface area contributed by atoms with Crippen molar-refractivity contribution in [1.29, 1.82) is 0 Å². The highest BCUT2D eigenvalue weighted by molar-refractivity contribution is 5.84. The lowest BCUT2D eigenvalue weighted by Gasteiger charge is -2.28. The summed E-state index contributed by atoms with van der Waals surface area (Å²) >= 11 is 0. The van der Waals surface area contributed by atoms with Crippen LogP contribution >= 0.6 is 0 Å². The zero-order chi connectivity index (χ0) is 10.9. The topological polar surface area (TPSA) is 26.3 Å². The molecule has 2 heteroatoms. The smallest absolute Gasteiger partial charge is 0.141 e. The Morgan fingerprint density at radius 1 is 1.36 bits per heavy atom. The van der Waals surface area contributed by atoms with Gasteiger partial charge in [-0.15, -0.1) is 0 Å². The average molecular weight is 198 g/mol. The van der Waals surface area contributed by atoms with E-state index in [4.69, 9.17) is 4.74 Å². The van der Waals surface area contributed by atoms with Gasteiger partial charge in [-0.05, 0) is 26.2 Å². The molecular formula is C12H22O2. The van der Waals surface area contributed by atoms with E-state index in [9.17, 15) is 4.79 Å². The maximum absolute atomic E-state index is 12.1. The van der Waals surface area contributed by atoms with Crippen molar-refractivity contribution in [2.75, 3.05) is 6.61 Å². The number of carbonyl (C=O) groups excluding carboxylic acids is 1. The second-order valence-electron chi connectivity index (χ2n) is 5.23. The van der Waals surface area contributed by atoms with Crippen LogP contribution in [0.15, 0.2) is 0 Å². The molecular weight excluding hydrogens is 176 g/mol. The Labute approximate surface area is 87.0 Å². The summed E-state index contributed by atoms with van der Waals surface area (Å²) < 4.78 is 5.58. The highest BCUT2D eigenvalue weighted by Crippen LogP contribution is 2.34. The fourth-order valence-corrected chi connectivity index (χ4v) is 2.02. The molecule has 0 N–H and O–H groups in total. The predicted molar refractivity (Wildman–Crippen MR) is 57.1 cm³/mol. The van der Waals surface area contributed by atoms with Gasteiger partial charge in [0.1, 0.15) is 5.78 Å². The molecule has 1 saturated heterocycles. The van der Waals surface area contributed by atoms with E-state index < -0.39 is 0 Å². The fraction of sp³-hybridized carbons (Fsp3) is 0.917.